The molecule has 0 bridgehead atoms. The van der Waals surface area contributed by atoms with Crippen LogP contribution in [0.3, 0.4) is 0 Å². The summed E-state index contributed by atoms with van der Waals surface area (Å²) >= 11 is 0. The predicted octanol–water partition coefficient (Wildman–Crippen LogP) is 0.527. The van der Waals surface area contributed by atoms with E-state index in [0.717, 1.165) is 4.57 Å². The summed E-state index contributed by atoms with van der Waals surface area (Å²) in [6.45, 7) is -0.162. The Hall–Kier alpha value is -2.10. The molecule has 3 rings (SSSR count). The van der Waals surface area contributed by atoms with Crippen molar-refractivity contribution in [3.05, 3.63) is 27.2 Å². The molecule has 1 unspecified atom stereocenters. The van der Waals surface area contributed by atoms with Gasteiger partial charge < -0.3 is 9.67 Å². The fraction of sp³-hybridized carbons (Fsp3) is 0.643. The molecule has 2 aromatic heterocycles. The lowest BCUT2D eigenvalue weighted by Crippen LogP contribution is -2.44. The second kappa shape index (κ2) is 5.20. The highest BCUT2D eigenvalue weighted by atomic mass is 19.4. The molecule has 0 saturated heterocycles. The summed E-state index contributed by atoms with van der Waals surface area (Å²) < 4.78 is 42.3. The molecule has 2 atom stereocenters. The molecule has 1 aliphatic carbocycles. The van der Waals surface area contributed by atoms with E-state index < -0.39 is 41.8 Å². The van der Waals surface area contributed by atoms with Crippen molar-refractivity contribution in [2.75, 3.05) is 0 Å². The highest BCUT2D eigenvalue weighted by Crippen LogP contribution is 2.45. The van der Waals surface area contributed by atoms with Gasteiger partial charge in [0.1, 0.15) is 0 Å². The van der Waals surface area contributed by atoms with E-state index in [9.17, 15) is 27.9 Å². The molecule has 0 amide bonds. The first kappa shape index (κ1) is 16.7. The van der Waals surface area contributed by atoms with E-state index in [1.807, 2.05) is 0 Å². The number of aryl methyl sites for hydroxylation is 2. The first-order valence-corrected chi connectivity index (χ1v) is 7.45. The van der Waals surface area contributed by atoms with Gasteiger partial charge in [0.25, 0.3) is 5.56 Å². The minimum atomic E-state index is -4.72. The Morgan fingerprint density at radius 2 is 2.04 bits per heavy atom. The SMILES string of the molecule is Cn1cnc2c1c(=O)n(CC1CC[C@](O)(C(F)(F)F)C1)c(=O)n2C. The van der Waals surface area contributed by atoms with E-state index in [-0.39, 0.29) is 24.1 Å². The number of alkyl halides is 3. The number of hydrogen-bond donors (Lipinski definition) is 1. The zero-order valence-corrected chi connectivity index (χ0v) is 13.2. The molecule has 0 spiro atoms. The zero-order valence-electron chi connectivity index (χ0n) is 13.2. The van der Waals surface area contributed by atoms with Gasteiger partial charge in [-0.3, -0.25) is 13.9 Å². The van der Waals surface area contributed by atoms with Crippen LogP contribution in [0.5, 0.6) is 0 Å². The number of fused-ring (bicyclic) bond motifs is 1. The van der Waals surface area contributed by atoms with Crippen LogP contribution in [0, 0.1) is 5.92 Å². The molecule has 0 aliphatic heterocycles. The average Bonchev–Trinajstić information content (AvgIpc) is 3.05. The summed E-state index contributed by atoms with van der Waals surface area (Å²) in [5, 5.41) is 9.74. The molecule has 1 fully saturated rings. The lowest BCUT2D eigenvalue weighted by Gasteiger charge is -2.25. The molecule has 1 saturated carbocycles. The standard InChI is InChI=1S/C14H17F3N4O3/c1-19-7-18-10-9(19)11(22)21(12(23)20(10)2)6-8-3-4-13(24,5-8)14(15,16)17/h7-8,24H,3-6H2,1-2H3/t8?,13-/m1/s1. The summed E-state index contributed by atoms with van der Waals surface area (Å²) in [6.07, 6.45) is -4.17. The third-order valence-electron chi connectivity index (χ3n) is 4.76. The van der Waals surface area contributed by atoms with E-state index in [4.69, 9.17) is 0 Å². The van der Waals surface area contributed by atoms with Crippen LogP contribution in [0.2, 0.25) is 0 Å². The Balaban J connectivity index is 1.99. The molecule has 2 aromatic rings. The van der Waals surface area contributed by atoms with Crippen LogP contribution in [-0.4, -0.2) is 35.6 Å². The van der Waals surface area contributed by atoms with Crippen molar-refractivity contribution in [2.45, 2.75) is 37.6 Å². The minimum Gasteiger partial charge on any atom is -0.380 e. The number of halogens is 3. The van der Waals surface area contributed by atoms with Gasteiger partial charge in [-0.15, -0.1) is 0 Å². The molecule has 0 aromatic carbocycles. The van der Waals surface area contributed by atoms with Crippen LogP contribution < -0.4 is 11.2 Å². The van der Waals surface area contributed by atoms with Gasteiger partial charge in [0.2, 0.25) is 0 Å². The summed E-state index contributed by atoms with van der Waals surface area (Å²) in [6, 6.07) is 0. The zero-order chi connectivity index (χ0) is 17.9. The van der Waals surface area contributed by atoms with Crippen LogP contribution in [0.25, 0.3) is 11.2 Å². The van der Waals surface area contributed by atoms with Crippen molar-refractivity contribution in [2.24, 2.45) is 20.0 Å². The number of imidazole rings is 1. The third kappa shape index (κ3) is 2.36. The number of aromatic nitrogens is 4. The lowest BCUT2D eigenvalue weighted by atomic mass is 9.99. The van der Waals surface area contributed by atoms with E-state index >= 15 is 0 Å². The molecule has 1 N–H and O–H groups in total. The fourth-order valence-electron chi connectivity index (χ4n) is 3.35. The summed E-state index contributed by atoms with van der Waals surface area (Å²) in [5.41, 5.74) is -3.53. The first-order valence-electron chi connectivity index (χ1n) is 7.45. The summed E-state index contributed by atoms with van der Waals surface area (Å²) in [7, 11) is 3.05. The number of aliphatic hydroxyl groups is 1. The van der Waals surface area contributed by atoms with Gasteiger partial charge in [-0.2, -0.15) is 13.2 Å². The van der Waals surface area contributed by atoms with Gasteiger partial charge in [-0.1, -0.05) is 0 Å². The number of rotatable bonds is 2. The highest BCUT2D eigenvalue weighted by Gasteiger charge is 2.57. The maximum Gasteiger partial charge on any atom is 0.417 e. The van der Waals surface area contributed by atoms with Gasteiger partial charge in [0.15, 0.2) is 16.8 Å². The molecule has 2 heterocycles. The quantitative estimate of drug-likeness (QED) is 0.860. The third-order valence-corrected chi connectivity index (χ3v) is 4.76. The van der Waals surface area contributed by atoms with Crippen molar-refractivity contribution >= 4 is 11.2 Å². The number of hydrogen-bond acceptors (Lipinski definition) is 4. The summed E-state index contributed by atoms with van der Waals surface area (Å²) in [4.78, 5) is 28.9. The monoisotopic (exact) mass is 346 g/mol. The second-order valence-electron chi connectivity index (χ2n) is 6.42. The molecular weight excluding hydrogens is 329 g/mol. The smallest absolute Gasteiger partial charge is 0.380 e. The van der Waals surface area contributed by atoms with Crippen molar-refractivity contribution in [3.8, 4) is 0 Å². The van der Waals surface area contributed by atoms with E-state index in [1.165, 1.54) is 22.5 Å². The van der Waals surface area contributed by atoms with Crippen LogP contribution in [0.1, 0.15) is 19.3 Å². The van der Waals surface area contributed by atoms with Crippen molar-refractivity contribution < 1.29 is 18.3 Å². The maximum atomic E-state index is 12.9. The molecule has 1 aliphatic rings. The summed E-state index contributed by atoms with van der Waals surface area (Å²) in [5.74, 6) is -0.604. The highest BCUT2D eigenvalue weighted by molar-refractivity contribution is 5.69. The Bertz CT molecular complexity index is 911. The molecule has 10 heteroatoms. The average molecular weight is 346 g/mol. The molecule has 0 radical (unpaired) electrons. The van der Waals surface area contributed by atoms with Crippen molar-refractivity contribution in [3.63, 3.8) is 0 Å². The van der Waals surface area contributed by atoms with Gasteiger partial charge in [0.05, 0.1) is 6.33 Å². The van der Waals surface area contributed by atoms with Gasteiger partial charge >= 0.3 is 11.9 Å². The van der Waals surface area contributed by atoms with Crippen molar-refractivity contribution in [1.29, 1.82) is 0 Å². The van der Waals surface area contributed by atoms with E-state index in [0.29, 0.717) is 0 Å². The van der Waals surface area contributed by atoms with E-state index in [2.05, 4.69) is 4.98 Å². The predicted molar refractivity (Wildman–Crippen MR) is 78.6 cm³/mol. The maximum absolute atomic E-state index is 12.9. The molecule has 24 heavy (non-hydrogen) atoms. The van der Waals surface area contributed by atoms with Crippen LogP contribution in [0.4, 0.5) is 13.2 Å². The Morgan fingerprint density at radius 1 is 1.38 bits per heavy atom. The number of nitrogens with zero attached hydrogens (tertiary/aromatic N) is 4. The Morgan fingerprint density at radius 3 is 2.62 bits per heavy atom. The Labute approximate surface area is 134 Å². The first-order chi connectivity index (χ1) is 11.0. The van der Waals surface area contributed by atoms with Crippen LogP contribution in [0.15, 0.2) is 15.9 Å². The molecule has 7 nitrogen and oxygen atoms in total. The van der Waals surface area contributed by atoms with Gasteiger partial charge in [0, 0.05) is 20.6 Å². The topological polar surface area (TPSA) is 82.1 Å². The van der Waals surface area contributed by atoms with Gasteiger partial charge in [-0.25, -0.2) is 9.78 Å². The fourth-order valence-corrected chi connectivity index (χ4v) is 3.35. The Kier molecular flexibility index (Phi) is 3.63. The van der Waals surface area contributed by atoms with Crippen molar-refractivity contribution in [1.82, 2.24) is 18.7 Å². The van der Waals surface area contributed by atoms with Crippen LogP contribution in [-0.2, 0) is 20.6 Å². The lowest BCUT2D eigenvalue weighted by molar-refractivity contribution is -0.258. The second-order valence-corrected chi connectivity index (χ2v) is 6.42. The normalized spacial score (nSPS) is 24.8. The van der Waals surface area contributed by atoms with E-state index in [1.54, 1.807) is 7.05 Å². The van der Waals surface area contributed by atoms with Gasteiger partial charge in [-0.05, 0) is 25.2 Å². The largest absolute Gasteiger partial charge is 0.417 e. The van der Waals surface area contributed by atoms with Crippen LogP contribution >= 0.6 is 0 Å². The minimum absolute atomic E-state index is 0.0923. The molecule has 132 valence electrons. The molecular formula is C14H17F3N4O3.